The average molecular weight is 405 g/mol. The number of nitrogens with one attached hydrogen (secondary N) is 1. The molecule has 29 heavy (non-hydrogen) atoms. The largest absolute Gasteiger partial charge is 0.319 e. The van der Waals surface area contributed by atoms with Crippen LogP contribution in [0.2, 0.25) is 5.02 Å². The number of hydrogen-bond acceptors (Lipinski definition) is 4. The van der Waals surface area contributed by atoms with E-state index < -0.39 is 0 Å². The van der Waals surface area contributed by atoms with E-state index in [0.717, 1.165) is 24.2 Å². The first-order chi connectivity index (χ1) is 14.2. The maximum atomic E-state index is 13.2. The molecule has 0 aliphatic heterocycles. The number of benzene rings is 2. The van der Waals surface area contributed by atoms with Gasteiger partial charge >= 0.3 is 0 Å². The molecule has 1 N–H and O–H groups in total. The first-order valence-electron chi connectivity index (χ1n) is 9.30. The van der Waals surface area contributed by atoms with Crippen molar-refractivity contribution in [2.45, 2.75) is 18.8 Å². The zero-order chi connectivity index (χ0) is 19.8. The molecule has 0 saturated heterocycles. The molecule has 144 valence electrons. The number of halogens is 1. The highest BCUT2D eigenvalue weighted by Gasteiger charge is 2.29. The molecule has 1 fully saturated rings. The fourth-order valence-corrected chi connectivity index (χ4v) is 3.41. The van der Waals surface area contributed by atoms with Crippen molar-refractivity contribution in [3.8, 4) is 11.4 Å². The molecule has 1 saturated carbocycles. The molecule has 1 aliphatic carbocycles. The normalized spacial score (nSPS) is 13.4. The Morgan fingerprint density at radius 2 is 1.93 bits per heavy atom. The lowest BCUT2D eigenvalue weighted by atomic mass is 10.2. The molecular formula is C21H17ClN6O. The number of rotatable bonds is 5. The lowest BCUT2D eigenvalue weighted by molar-refractivity contribution is 0.101. The Balaban J connectivity index is 1.53. The number of carbonyl (C=O) groups excluding carboxylic acids is 1. The minimum Gasteiger partial charge on any atom is -0.319 e. The van der Waals surface area contributed by atoms with E-state index in [9.17, 15) is 4.79 Å². The van der Waals surface area contributed by atoms with Crippen LogP contribution in [0.4, 0.5) is 5.69 Å². The highest BCUT2D eigenvalue weighted by molar-refractivity contribution is 6.31. The van der Waals surface area contributed by atoms with Crippen LogP contribution in [0.25, 0.3) is 11.4 Å². The van der Waals surface area contributed by atoms with Gasteiger partial charge in [-0.05, 0) is 49.2 Å². The van der Waals surface area contributed by atoms with Crippen molar-refractivity contribution in [1.82, 2.24) is 24.5 Å². The van der Waals surface area contributed by atoms with Crippen LogP contribution in [0.5, 0.6) is 0 Å². The summed E-state index contributed by atoms with van der Waals surface area (Å²) in [6, 6.07) is 16.8. The van der Waals surface area contributed by atoms with Crippen LogP contribution in [0.3, 0.4) is 0 Å². The molecule has 5 rings (SSSR count). The molecule has 4 aromatic rings. The standard InChI is InChI=1S/C21H17ClN6O/c22-15-8-9-19(27-13-23-12-24-27)18(10-15)25-21(29)20-11-17(14-6-7-14)26-28(20)16-4-2-1-3-5-16/h1-5,8-14H,6-7H2,(H,25,29). The number of amides is 1. The van der Waals surface area contributed by atoms with Crippen LogP contribution in [0, 0.1) is 0 Å². The third-order valence-electron chi connectivity index (χ3n) is 4.83. The number of para-hydroxylation sites is 1. The molecule has 0 spiro atoms. The van der Waals surface area contributed by atoms with Gasteiger partial charge in [0.25, 0.3) is 5.91 Å². The molecule has 0 radical (unpaired) electrons. The Morgan fingerprint density at radius 3 is 2.66 bits per heavy atom. The molecule has 0 unspecified atom stereocenters. The Bertz CT molecular complexity index is 1170. The molecule has 1 aliphatic rings. The lowest BCUT2D eigenvalue weighted by Crippen LogP contribution is -2.18. The van der Waals surface area contributed by atoms with Gasteiger partial charge in [-0.25, -0.2) is 14.3 Å². The summed E-state index contributed by atoms with van der Waals surface area (Å²) < 4.78 is 3.28. The Hall–Kier alpha value is -3.45. The number of nitrogens with zero attached hydrogens (tertiary/aromatic N) is 5. The van der Waals surface area contributed by atoms with E-state index in [4.69, 9.17) is 16.7 Å². The first-order valence-corrected chi connectivity index (χ1v) is 9.68. The summed E-state index contributed by atoms with van der Waals surface area (Å²) in [5.74, 6) is 0.167. The smallest absolute Gasteiger partial charge is 0.274 e. The average Bonchev–Trinajstić information content (AvgIpc) is 3.26. The van der Waals surface area contributed by atoms with Crippen molar-refractivity contribution < 1.29 is 4.79 Å². The topological polar surface area (TPSA) is 77.6 Å². The van der Waals surface area contributed by atoms with Gasteiger partial charge in [0, 0.05) is 10.9 Å². The monoisotopic (exact) mass is 404 g/mol. The molecule has 7 nitrogen and oxygen atoms in total. The zero-order valence-corrected chi connectivity index (χ0v) is 16.1. The van der Waals surface area contributed by atoms with Gasteiger partial charge in [0.05, 0.1) is 22.8 Å². The van der Waals surface area contributed by atoms with Gasteiger partial charge in [-0.3, -0.25) is 4.79 Å². The molecule has 0 atom stereocenters. The fraction of sp³-hybridized carbons (Fsp3) is 0.143. The fourth-order valence-electron chi connectivity index (χ4n) is 3.23. The van der Waals surface area contributed by atoms with Gasteiger partial charge in [-0.2, -0.15) is 10.2 Å². The van der Waals surface area contributed by atoms with Gasteiger partial charge < -0.3 is 5.32 Å². The van der Waals surface area contributed by atoms with Crippen LogP contribution in [0.1, 0.15) is 34.9 Å². The summed E-state index contributed by atoms with van der Waals surface area (Å²) >= 11 is 6.17. The second-order valence-electron chi connectivity index (χ2n) is 6.93. The van der Waals surface area contributed by atoms with Crippen molar-refractivity contribution >= 4 is 23.2 Å². The van der Waals surface area contributed by atoms with Crippen LogP contribution >= 0.6 is 11.6 Å². The molecule has 2 heterocycles. The van der Waals surface area contributed by atoms with Gasteiger partial charge in [-0.1, -0.05) is 29.8 Å². The van der Waals surface area contributed by atoms with E-state index >= 15 is 0 Å². The van der Waals surface area contributed by atoms with Gasteiger partial charge in [0.15, 0.2) is 0 Å². The predicted molar refractivity (Wildman–Crippen MR) is 110 cm³/mol. The van der Waals surface area contributed by atoms with Crippen molar-refractivity contribution in [3.05, 3.63) is 83.7 Å². The van der Waals surface area contributed by atoms with E-state index in [1.807, 2.05) is 36.4 Å². The molecule has 8 heteroatoms. The number of carbonyl (C=O) groups is 1. The van der Waals surface area contributed by atoms with Crippen LogP contribution in [-0.2, 0) is 0 Å². The molecule has 1 amide bonds. The molecule has 2 aromatic carbocycles. The van der Waals surface area contributed by atoms with E-state index in [-0.39, 0.29) is 5.91 Å². The zero-order valence-electron chi connectivity index (χ0n) is 15.4. The van der Waals surface area contributed by atoms with E-state index in [2.05, 4.69) is 15.4 Å². The molecule has 0 bridgehead atoms. The van der Waals surface area contributed by atoms with E-state index in [0.29, 0.717) is 28.0 Å². The SMILES string of the molecule is O=C(Nc1cc(Cl)ccc1-n1cncn1)c1cc(C2CC2)nn1-c1ccccc1. The summed E-state index contributed by atoms with van der Waals surface area (Å²) in [5, 5.41) is 12.3. The van der Waals surface area contributed by atoms with E-state index in [1.54, 1.807) is 33.9 Å². The van der Waals surface area contributed by atoms with Crippen LogP contribution < -0.4 is 5.32 Å². The van der Waals surface area contributed by atoms with Gasteiger partial charge in [0.1, 0.15) is 18.3 Å². The first kappa shape index (κ1) is 17.6. The lowest BCUT2D eigenvalue weighted by Gasteiger charge is -2.12. The second kappa shape index (κ2) is 7.18. The summed E-state index contributed by atoms with van der Waals surface area (Å²) in [7, 11) is 0. The third-order valence-corrected chi connectivity index (χ3v) is 5.06. The van der Waals surface area contributed by atoms with Crippen LogP contribution in [0.15, 0.2) is 67.3 Å². The third kappa shape index (κ3) is 3.52. The predicted octanol–water partition coefficient (Wildman–Crippen LogP) is 4.24. The van der Waals surface area contributed by atoms with Crippen molar-refractivity contribution in [3.63, 3.8) is 0 Å². The summed E-state index contributed by atoms with van der Waals surface area (Å²) in [6.07, 6.45) is 5.22. The number of aromatic nitrogens is 5. The highest BCUT2D eigenvalue weighted by atomic mass is 35.5. The summed E-state index contributed by atoms with van der Waals surface area (Å²) in [6.45, 7) is 0. The summed E-state index contributed by atoms with van der Waals surface area (Å²) in [4.78, 5) is 17.2. The maximum Gasteiger partial charge on any atom is 0.274 e. The number of anilines is 1. The molecular weight excluding hydrogens is 388 g/mol. The van der Waals surface area contributed by atoms with Crippen LogP contribution in [-0.4, -0.2) is 30.5 Å². The van der Waals surface area contributed by atoms with Crippen molar-refractivity contribution in [1.29, 1.82) is 0 Å². The highest BCUT2D eigenvalue weighted by Crippen LogP contribution is 2.40. The second-order valence-corrected chi connectivity index (χ2v) is 7.37. The van der Waals surface area contributed by atoms with Gasteiger partial charge in [-0.15, -0.1) is 0 Å². The quantitative estimate of drug-likeness (QED) is 0.539. The number of hydrogen-bond donors (Lipinski definition) is 1. The maximum absolute atomic E-state index is 13.2. The minimum atomic E-state index is -0.267. The van der Waals surface area contributed by atoms with E-state index in [1.165, 1.54) is 6.33 Å². The summed E-state index contributed by atoms with van der Waals surface area (Å²) in [5.41, 5.74) is 3.48. The van der Waals surface area contributed by atoms with Gasteiger partial charge in [0.2, 0.25) is 0 Å². The Labute approximate surface area is 172 Å². The molecule has 2 aromatic heterocycles. The van der Waals surface area contributed by atoms with Crippen molar-refractivity contribution in [2.75, 3.05) is 5.32 Å². The Kier molecular flexibility index (Phi) is 4.37. The minimum absolute atomic E-state index is 0.267. The Morgan fingerprint density at radius 1 is 1.10 bits per heavy atom. The van der Waals surface area contributed by atoms with Crippen molar-refractivity contribution in [2.24, 2.45) is 0 Å².